The van der Waals surface area contributed by atoms with Crippen molar-refractivity contribution >= 4 is 45.9 Å². The molecule has 1 N–H and O–H groups in total. The maximum absolute atomic E-state index is 12.3. The first-order valence-electron chi connectivity index (χ1n) is 8.43. The van der Waals surface area contributed by atoms with Crippen molar-refractivity contribution in [1.82, 2.24) is 10.2 Å². The van der Waals surface area contributed by atoms with Crippen LogP contribution in [0.3, 0.4) is 0 Å². The molecule has 2 aromatic carbocycles. The zero-order valence-electron chi connectivity index (χ0n) is 14.8. The van der Waals surface area contributed by atoms with E-state index in [1.54, 1.807) is 47.8 Å². The fraction of sp³-hybridized carbons (Fsp3) is 0.211. The number of thioether (sulfide) groups is 2. The highest BCUT2D eigenvalue weighted by molar-refractivity contribution is 8.01. The van der Waals surface area contributed by atoms with E-state index in [0.717, 1.165) is 21.6 Å². The molecule has 8 heteroatoms. The molecule has 1 amide bonds. The van der Waals surface area contributed by atoms with Crippen molar-refractivity contribution in [1.29, 1.82) is 0 Å². The summed E-state index contributed by atoms with van der Waals surface area (Å²) in [5.41, 5.74) is 0.556. The fourth-order valence-corrected chi connectivity index (χ4v) is 4.55. The van der Waals surface area contributed by atoms with Crippen LogP contribution in [0.1, 0.15) is 17.3 Å². The standard InChI is InChI=1S/C19H19N3O2S3/c1-2-25-19-22-21-18(27-19)20-17(23)14-8-10-15(11-9-14)24-12-13-26-16-6-4-3-5-7-16/h3-11H,2,12-13H2,1H3,(H,20,21,23). The molecule has 5 nitrogen and oxygen atoms in total. The molecule has 1 heterocycles. The minimum Gasteiger partial charge on any atom is -0.493 e. The van der Waals surface area contributed by atoms with Gasteiger partial charge in [-0.25, -0.2) is 0 Å². The molecule has 0 unspecified atom stereocenters. The van der Waals surface area contributed by atoms with Gasteiger partial charge in [-0.05, 0) is 42.2 Å². The van der Waals surface area contributed by atoms with Crippen LogP contribution in [0.4, 0.5) is 5.13 Å². The molecule has 3 aromatic rings. The summed E-state index contributed by atoms with van der Waals surface area (Å²) < 4.78 is 6.59. The third-order valence-corrected chi connectivity index (χ3v) is 6.21. The van der Waals surface area contributed by atoms with Crippen molar-refractivity contribution in [2.45, 2.75) is 16.2 Å². The molecule has 140 valence electrons. The number of hydrogen-bond donors (Lipinski definition) is 1. The van der Waals surface area contributed by atoms with Gasteiger partial charge in [0.2, 0.25) is 5.13 Å². The van der Waals surface area contributed by atoms with Gasteiger partial charge in [-0.3, -0.25) is 10.1 Å². The topological polar surface area (TPSA) is 64.1 Å². The van der Waals surface area contributed by atoms with Gasteiger partial charge in [0.1, 0.15) is 5.75 Å². The molecule has 0 aliphatic carbocycles. The molecule has 0 aliphatic rings. The Balaban J connectivity index is 1.45. The normalized spacial score (nSPS) is 10.6. The van der Waals surface area contributed by atoms with Crippen LogP contribution in [0.15, 0.2) is 63.8 Å². The molecule has 0 atom stereocenters. The molecule has 27 heavy (non-hydrogen) atoms. The summed E-state index contributed by atoms with van der Waals surface area (Å²) in [6, 6.07) is 17.3. The minimum atomic E-state index is -0.203. The maximum atomic E-state index is 12.3. The lowest BCUT2D eigenvalue weighted by atomic mass is 10.2. The van der Waals surface area contributed by atoms with Gasteiger partial charge in [-0.1, -0.05) is 48.2 Å². The quantitative estimate of drug-likeness (QED) is 0.298. The molecule has 0 radical (unpaired) electrons. The van der Waals surface area contributed by atoms with Crippen molar-refractivity contribution in [2.75, 3.05) is 23.4 Å². The first-order valence-corrected chi connectivity index (χ1v) is 11.2. The lowest BCUT2D eigenvalue weighted by Gasteiger charge is -2.07. The summed E-state index contributed by atoms with van der Waals surface area (Å²) in [4.78, 5) is 13.5. The van der Waals surface area contributed by atoms with Crippen molar-refractivity contribution in [3.05, 3.63) is 60.2 Å². The highest BCUT2D eigenvalue weighted by atomic mass is 32.2. The van der Waals surface area contributed by atoms with Crippen LogP contribution < -0.4 is 10.1 Å². The van der Waals surface area contributed by atoms with Crippen LogP contribution >= 0.6 is 34.9 Å². The van der Waals surface area contributed by atoms with Crippen LogP contribution in [-0.4, -0.2) is 34.2 Å². The Kier molecular flexibility index (Phi) is 7.55. The summed E-state index contributed by atoms with van der Waals surface area (Å²) in [7, 11) is 0. The third kappa shape index (κ3) is 6.27. The van der Waals surface area contributed by atoms with E-state index in [2.05, 4.69) is 27.6 Å². The molecule has 0 spiro atoms. The molecular formula is C19H19N3O2S3. The number of benzene rings is 2. The molecular weight excluding hydrogens is 398 g/mol. The lowest BCUT2D eigenvalue weighted by Crippen LogP contribution is -2.11. The van der Waals surface area contributed by atoms with Gasteiger partial charge in [-0.2, -0.15) is 0 Å². The number of nitrogens with zero attached hydrogens (tertiary/aromatic N) is 2. The number of nitrogens with one attached hydrogen (secondary N) is 1. The summed E-state index contributed by atoms with van der Waals surface area (Å²) in [6.45, 7) is 2.65. The van der Waals surface area contributed by atoms with Crippen LogP contribution in [-0.2, 0) is 0 Å². The molecule has 0 fully saturated rings. The summed E-state index contributed by atoms with van der Waals surface area (Å²) in [6.07, 6.45) is 0. The first-order chi connectivity index (χ1) is 13.2. The summed E-state index contributed by atoms with van der Waals surface area (Å²) >= 11 is 4.73. The minimum absolute atomic E-state index is 0.203. The number of anilines is 1. The molecule has 3 rings (SSSR count). The second-order valence-electron chi connectivity index (χ2n) is 5.29. The molecule has 0 saturated carbocycles. The Morgan fingerprint density at radius 1 is 1.07 bits per heavy atom. The van der Waals surface area contributed by atoms with Crippen molar-refractivity contribution in [2.24, 2.45) is 0 Å². The highest BCUT2D eigenvalue weighted by Gasteiger charge is 2.10. The average Bonchev–Trinajstić information content (AvgIpc) is 3.14. The summed E-state index contributed by atoms with van der Waals surface area (Å²) in [5, 5.41) is 11.3. The van der Waals surface area contributed by atoms with Gasteiger partial charge in [0.05, 0.1) is 6.61 Å². The van der Waals surface area contributed by atoms with Crippen molar-refractivity contribution in [3.8, 4) is 5.75 Å². The van der Waals surface area contributed by atoms with Crippen LogP contribution in [0, 0.1) is 0 Å². The predicted molar refractivity (Wildman–Crippen MR) is 113 cm³/mol. The van der Waals surface area contributed by atoms with Crippen LogP contribution in [0.25, 0.3) is 0 Å². The van der Waals surface area contributed by atoms with Crippen LogP contribution in [0.2, 0.25) is 0 Å². The Hall–Kier alpha value is -2.03. The second kappa shape index (κ2) is 10.3. The number of rotatable bonds is 9. The number of carbonyl (C=O) groups excluding carboxylic acids is 1. The van der Waals surface area contributed by atoms with E-state index in [9.17, 15) is 4.79 Å². The van der Waals surface area contributed by atoms with Crippen LogP contribution in [0.5, 0.6) is 5.75 Å². The molecule has 0 saturated heterocycles. The Morgan fingerprint density at radius 3 is 2.59 bits per heavy atom. The van der Waals surface area contributed by atoms with E-state index in [4.69, 9.17) is 4.74 Å². The smallest absolute Gasteiger partial charge is 0.257 e. The number of carbonyl (C=O) groups is 1. The van der Waals surface area contributed by atoms with E-state index in [0.29, 0.717) is 17.3 Å². The summed E-state index contributed by atoms with van der Waals surface area (Å²) in [5.74, 6) is 2.33. The van der Waals surface area contributed by atoms with Gasteiger partial charge in [0, 0.05) is 16.2 Å². The Bertz CT molecular complexity index is 854. The molecule has 1 aromatic heterocycles. The van der Waals surface area contributed by atoms with E-state index >= 15 is 0 Å². The first kappa shape index (κ1) is 19.7. The third-order valence-electron chi connectivity index (χ3n) is 3.38. The predicted octanol–water partition coefficient (Wildman–Crippen LogP) is 5.07. The number of amides is 1. The van der Waals surface area contributed by atoms with E-state index in [-0.39, 0.29) is 5.91 Å². The van der Waals surface area contributed by atoms with E-state index < -0.39 is 0 Å². The number of aromatic nitrogens is 2. The Labute approximate surface area is 170 Å². The number of hydrogen-bond acceptors (Lipinski definition) is 7. The highest BCUT2D eigenvalue weighted by Crippen LogP contribution is 2.25. The van der Waals surface area contributed by atoms with Gasteiger partial charge in [0.15, 0.2) is 4.34 Å². The zero-order chi connectivity index (χ0) is 18.9. The van der Waals surface area contributed by atoms with Gasteiger partial charge >= 0.3 is 0 Å². The van der Waals surface area contributed by atoms with Gasteiger partial charge in [0.25, 0.3) is 5.91 Å². The zero-order valence-corrected chi connectivity index (χ0v) is 17.2. The molecule has 0 aliphatic heterocycles. The van der Waals surface area contributed by atoms with Gasteiger partial charge < -0.3 is 4.74 Å². The largest absolute Gasteiger partial charge is 0.493 e. The Morgan fingerprint density at radius 2 is 1.85 bits per heavy atom. The fourth-order valence-electron chi connectivity index (χ4n) is 2.15. The van der Waals surface area contributed by atoms with E-state index in [1.165, 1.54) is 16.2 Å². The maximum Gasteiger partial charge on any atom is 0.257 e. The monoisotopic (exact) mass is 417 g/mol. The number of ether oxygens (including phenoxy) is 1. The van der Waals surface area contributed by atoms with Gasteiger partial charge in [-0.15, -0.1) is 22.0 Å². The second-order valence-corrected chi connectivity index (χ2v) is 8.95. The SMILES string of the molecule is CCSc1nnc(NC(=O)c2ccc(OCCSc3ccccc3)cc2)s1. The van der Waals surface area contributed by atoms with Crippen molar-refractivity contribution in [3.63, 3.8) is 0 Å². The van der Waals surface area contributed by atoms with Crippen molar-refractivity contribution < 1.29 is 9.53 Å². The lowest BCUT2D eigenvalue weighted by molar-refractivity contribution is 0.102. The molecule has 0 bridgehead atoms. The van der Waals surface area contributed by atoms with E-state index in [1.807, 2.05) is 25.1 Å². The average molecular weight is 418 g/mol.